The van der Waals surface area contributed by atoms with Crippen molar-refractivity contribution in [3.63, 3.8) is 0 Å². The molecule has 0 saturated carbocycles. The van der Waals surface area contributed by atoms with Crippen molar-refractivity contribution in [3.05, 3.63) is 274 Å². The number of hydrogen-bond acceptors (Lipinski definition) is 14. The molecule has 5 amide bonds. The fourth-order valence-electron chi connectivity index (χ4n) is 15.0. The summed E-state index contributed by atoms with van der Waals surface area (Å²) >= 11 is 0. The monoisotopic (exact) mass is 1500 g/mol. The van der Waals surface area contributed by atoms with Crippen molar-refractivity contribution in [2.75, 3.05) is 26.3 Å². The Hall–Kier alpha value is -12.4. The largest absolute Gasteiger partial charge is 0.462 e. The highest BCUT2D eigenvalue weighted by Gasteiger charge is 2.47. The molecular weight excluding hydrogens is 1410 g/mol. The number of esters is 2. The highest BCUT2D eigenvalue weighted by Crippen LogP contribution is 2.58. The second kappa shape index (κ2) is 33.5. The molecule has 0 aromatic heterocycles. The van der Waals surface area contributed by atoms with Gasteiger partial charge in [-0.2, -0.15) is 0 Å². The first-order valence-electron chi connectivity index (χ1n) is 38.4. The molecule has 2 heterocycles. The summed E-state index contributed by atoms with van der Waals surface area (Å²) in [7, 11) is 0. The maximum Gasteiger partial charge on any atom is 0.333 e. The van der Waals surface area contributed by atoms with Crippen molar-refractivity contribution in [3.8, 4) is 46.0 Å². The second-order valence-electron chi connectivity index (χ2n) is 30.5. The van der Waals surface area contributed by atoms with Crippen molar-refractivity contribution < 1.29 is 62.0 Å². The summed E-state index contributed by atoms with van der Waals surface area (Å²) in [6.45, 7) is 32.6. The van der Waals surface area contributed by atoms with Crippen LogP contribution in [-0.2, 0) is 36.9 Å². The van der Waals surface area contributed by atoms with Gasteiger partial charge in [0.15, 0.2) is 0 Å². The lowest BCUT2D eigenvalue weighted by Crippen LogP contribution is -2.55. The lowest BCUT2D eigenvalue weighted by Gasteiger charge is -2.40. The minimum absolute atomic E-state index is 0.0371. The first-order valence-corrected chi connectivity index (χ1v) is 38.4. The third-order valence-corrected chi connectivity index (χ3v) is 20.6. The highest BCUT2D eigenvalue weighted by molar-refractivity contribution is 6.45. The summed E-state index contributed by atoms with van der Waals surface area (Å²) in [5, 5.41) is 2.49. The Labute approximate surface area is 653 Å². The van der Waals surface area contributed by atoms with Gasteiger partial charge >= 0.3 is 11.9 Å². The number of aryl methyl sites for hydroxylation is 4. The van der Waals surface area contributed by atoms with E-state index in [4.69, 9.17) is 35.0 Å². The van der Waals surface area contributed by atoms with Crippen LogP contribution in [-0.4, -0.2) is 99.5 Å². The standard InChI is InChI=1S/C95H94N4O13/c1-56(2)48-75(64(13)96(54-65-24-16-14-17-25-65)44-20-22-46-107-94(105)58(5)6)98-89(100)71-50-77(109-67-36-28-60(9)29-37-67)83-85-79(111-69-40-32-62(11)33-41-69)52-73-82-74(92(103)99(91(73)102)76(49-57(3)4)93(104)97(55-66-26-18-15-19-27-66)45-21-23-47-108-95(106)59(7)8)53-80(112-70-42-34-63(12)35-43-70)86(88(82)85)84-78(110-68-38-30-61(10)31-39-68)51-72(90(98)101)81(71)87(83)84/h14-19,24-43,50-53,56-57,75-76H,5,7,13,20-23,44-49,54-55H2,1-4,6,8-12H3. The molecule has 572 valence electrons. The average Bonchev–Trinajstić information content (AvgIpc) is 0.670. The average molecular weight is 1500 g/mol. The van der Waals surface area contributed by atoms with Crippen LogP contribution in [0.25, 0.3) is 43.1 Å². The van der Waals surface area contributed by atoms with Crippen LogP contribution in [0.3, 0.4) is 0 Å². The van der Waals surface area contributed by atoms with E-state index in [0.717, 1.165) is 38.3 Å². The number of fused-ring (bicyclic) bond motifs is 2. The molecule has 0 saturated heterocycles. The third kappa shape index (κ3) is 16.4. The third-order valence-electron chi connectivity index (χ3n) is 20.6. The van der Waals surface area contributed by atoms with Crippen LogP contribution in [0.5, 0.6) is 46.0 Å². The molecular formula is C95H94N4O13. The minimum atomic E-state index is -1.35. The van der Waals surface area contributed by atoms with Gasteiger partial charge in [-0.15, -0.1) is 0 Å². The van der Waals surface area contributed by atoms with Crippen LogP contribution < -0.4 is 18.9 Å². The van der Waals surface area contributed by atoms with Crippen molar-refractivity contribution in [2.45, 2.75) is 133 Å². The van der Waals surface area contributed by atoms with Gasteiger partial charge in [0.25, 0.3) is 23.6 Å². The maximum absolute atomic E-state index is 16.8. The number of benzene rings is 11. The zero-order chi connectivity index (χ0) is 79.3. The Morgan fingerprint density at radius 1 is 0.375 bits per heavy atom. The summed E-state index contributed by atoms with van der Waals surface area (Å²) < 4.78 is 40.3. The Bertz CT molecular complexity index is 4920. The molecule has 17 heteroatoms. The number of carbonyl (C=O) groups excluding carboxylic acids is 7. The number of nitrogens with zero attached hydrogens (tertiary/aromatic N) is 4. The van der Waals surface area contributed by atoms with Crippen LogP contribution >= 0.6 is 0 Å². The predicted octanol–water partition coefficient (Wildman–Crippen LogP) is 21.0. The van der Waals surface area contributed by atoms with Gasteiger partial charge in [0.2, 0.25) is 5.91 Å². The molecule has 0 radical (unpaired) electrons. The lowest BCUT2D eigenvalue weighted by atomic mass is 9.80. The van der Waals surface area contributed by atoms with Gasteiger partial charge in [-0.3, -0.25) is 33.8 Å². The highest BCUT2D eigenvalue weighted by atomic mass is 16.5. The fourth-order valence-corrected chi connectivity index (χ4v) is 15.0. The van der Waals surface area contributed by atoms with Crippen molar-refractivity contribution in [1.82, 2.24) is 19.6 Å². The van der Waals surface area contributed by atoms with Crippen LogP contribution in [0.15, 0.2) is 219 Å². The Balaban J connectivity index is 1.10. The lowest BCUT2D eigenvalue weighted by molar-refractivity contribution is -0.140. The van der Waals surface area contributed by atoms with Crippen molar-refractivity contribution in [2.24, 2.45) is 11.8 Å². The van der Waals surface area contributed by atoms with Gasteiger partial charge in [0.1, 0.15) is 52.0 Å². The molecule has 11 aromatic rings. The number of unbranched alkanes of at least 4 members (excludes halogenated alkanes) is 2. The number of carbonyl (C=O) groups is 7. The van der Waals surface area contributed by atoms with Crippen LogP contribution in [0.1, 0.15) is 155 Å². The Kier molecular flexibility index (Phi) is 23.2. The van der Waals surface area contributed by atoms with E-state index >= 15 is 24.0 Å². The van der Waals surface area contributed by atoms with Gasteiger partial charge in [-0.05, 0) is 176 Å². The van der Waals surface area contributed by atoms with Crippen molar-refractivity contribution in [1.29, 1.82) is 0 Å². The number of imide groups is 2. The van der Waals surface area contributed by atoms with E-state index in [0.29, 0.717) is 112 Å². The smallest absolute Gasteiger partial charge is 0.333 e. The van der Waals surface area contributed by atoms with Gasteiger partial charge < -0.3 is 38.2 Å². The molecule has 0 spiro atoms. The van der Waals surface area contributed by atoms with E-state index in [1.807, 2.05) is 213 Å². The second-order valence-corrected chi connectivity index (χ2v) is 30.5. The molecule has 2 unspecified atom stereocenters. The Morgan fingerprint density at radius 3 is 0.982 bits per heavy atom. The molecule has 112 heavy (non-hydrogen) atoms. The van der Waals surface area contributed by atoms with E-state index in [1.54, 1.807) is 43.0 Å². The maximum atomic E-state index is 16.8. The summed E-state index contributed by atoms with van der Waals surface area (Å²) in [5.74, 6) is -2.45. The topological polar surface area (TPSA) is 188 Å². The predicted molar refractivity (Wildman–Crippen MR) is 438 cm³/mol. The zero-order valence-corrected chi connectivity index (χ0v) is 65.3. The SMILES string of the molecule is C=C(C)C(=O)OCCCCN(Cc1ccccc1)C(=C)C(CC(C)C)N1C(=O)c2cc(Oc3ccc(C)cc3)c3c4c(Oc5ccc(C)cc5)cc5c6c(cc(Oc7ccc(C)cc7)c(c7c(Oc8ccc(C)cc8)cc(c2c37)C1=O)c64)C(=O)N(C(CC(C)C)C(=O)N(CCCCOC(=O)C(=C)C)Cc1ccccc1)C5=O. The first kappa shape index (κ1) is 77.8. The van der Waals surface area contributed by atoms with E-state index in [1.165, 1.54) is 4.90 Å². The van der Waals surface area contributed by atoms with Gasteiger partial charge in [0.05, 0.1) is 41.5 Å². The number of ether oxygens (including phenoxy) is 6. The van der Waals surface area contributed by atoms with Gasteiger partial charge in [0, 0.05) is 86.1 Å². The number of rotatable bonds is 33. The molecule has 0 fully saturated rings. The number of hydrogen-bond donors (Lipinski definition) is 0. The number of amides is 5. The molecule has 2 aliphatic rings. The van der Waals surface area contributed by atoms with Crippen molar-refractivity contribution >= 4 is 84.6 Å². The molecule has 17 nitrogen and oxygen atoms in total. The molecule has 0 N–H and O–H groups in total. The summed E-state index contributed by atoms with van der Waals surface area (Å²) in [4.78, 5) is 114. The summed E-state index contributed by atoms with van der Waals surface area (Å²) in [5.41, 5.74) is 6.99. The van der Waals surface area contributed by atoms with Crippen LogP contribution in [0, 0.1) is 39.5 Å². The Morgan fingerprint density at radius 2 is 0.670 bits per heavy atom. The zero-order valence-electron chi connectivity index (χ0n) is 65.3. The van der Waals surface area contributed by atoms with E-state index in [2.05, 4.69) is 18.1 Å². The van der Waals surface area contributed by atoms with Gasteiger partial charge in [-0.25, -0.2) is 9.59 Å². The van der Waals surface area contributed by atoms with E-state index < -0.39 is 53.6 Å². The normalized spacial score (nSPS) is 13.1. The van der Waals surface area contributed by atoms with Gasteiger partial charge in [-0.1, -0.05) is 179 Å². The molecule has 0 bridgehead atoms. The van der Waals surface area contributed by atoms with Crippen LogP contribution in [0.4, 0.5) is 0 Å². The first-order chi connectivity index (χ1) is 53.8. The minimum Gasteiger partial charge on any atom is -0.462 e. The van der Waals surface area contributed by atoms with E-state index in [-0.39, 0.29) is 106 Å². The molecule has 2 atom stereocenters. The fraction of sp³-hybridized carbons (Fsp3) is 0.274. The summed E-state index contributed by atoms with van der Waals surface area (Å²) in [6.07, 6.45) is 2.29. The molecule has 2 aliphatic heterocycles. The van der Waals surface area contributed by atoms with E-state index in [9.17, 15) is 9.59 Å². The van der Waals surface area contributed by atoms with Crippen LogP contribution in [0.2, 0.25) is 0 Å². The molecule has 0 aliphatic carbocycles. The molecule has 13 rings (SSSR count). The summed E-state index contributed by atoms with van der Waals surface area (Å²) in [6, 6.07) is 53.7. The quantitative estimate of drug-likeness (QED) is 0.00943. The molecule has 11 aromatic carbocycles.